The highest BCUT2D eigenvalue weighted by molar-refractivity contribution is 9.10. The van der Waals surface area contributed by atoms with E-state index in [1.165, 1.54) is 0 Å². The predicted molar refractivity (Wildman–Crippen MR) is 121 cm³/mol. The minimum Gasteiger partial charge on any atom is -0.362 e. The summed E-state index contributed by atoms with van der Waals surface area (Å²) in [5.41, 5.74) is 3.17. The molecule has 3 rings (SSSR count). The van der Waals surface area contributed by atoms with E-state index >= 15 is 0 Å². The maximum atomic E-state index is 6.20. The van der Waals surface area contributed by atoms with E-state index in [1.54, 1.807) is 0 Å². The Morgan fingerprint density at radius 1 is 1.21 bits per heavy atom. The van der Waals surface area contributed by atoms with E-state index in [2.05, 4.69) is 43.7 Å². The van der Waals surface area contributed by atoms with Crippen LogP contribution in [0, 0.1) is 13.8 Å². The third-order valence-corrected chi connectivity index (χ3v) is 6.06. The second kappa shape index (κ2) is 9.54. The maximum absolute atomic E-state index is 6.20. The summed E-state index contributed by atoms with van der Waals surface area (Å²) < 4.78 is 4.91. The van der Waals surface area contributed by atoms with Crippen molar-refractivity contribution in [2.24, 2.45) is 0 Å². The summed E-state index contributed by atoms with van der Waals surface area (Å²) in [4.78, 5) is 0. The molecule has 0 saturated carbocycles. The summed E-state index contributed by atoms with van der Waals surface area (Å²) in [6.07, 6.45) is 2.81. The van der Waals surface area contributed by atoms with Gasteiger partial charge in [0.2, 0.25) is 0 Å². The third kappa shape index (κ3) is 5.33. The van der Waals surface area contributed by atoms with Gasteiger partial charge in [0.1, 0.15) is 0 Å². The van der Waals surface area contributed by atoms with Crippen LogP contribution in [0.25, 0.3) is 0 Å². The van der Waals surface area contributed by atoms with Crippen LogP contribution < -0.4 is 10.6 Å². The monoisotopic (exact) mass is 480 g/mol. The molecule has 2 heterocycles. The lowest BCUT2D eigenvalue weighted by Gasteiger charge is -2.09. The standard InChI is InChI=1S/C19H22BrClN6S/c1-13-18(20)14(2)27(24-13)10-5-9-22-19(28)23-17-8-11-26(25-17)12-15-6-3-4-7-16(15)21/h3-4,6-8,11H,5,9-10,12H2,1-2H3,(H2,22,23,25,28). The van der Waals surface area contributed by atoms with Crippen LogP contribution in [0.3, 0.4) is 0 Å². The van der Waals surface area contributed by atoms with Crippen LogP contribution in [0.1, 0.15) is 23.4 Å². The first-order valence-electron chi connectivity index (χ1n) is 8.95. The molecular weight excluding hydrogens is 460 g/mol. The van der Waals surface area contributed by atoms with Crippen molar-refractivity contribution in [1.82, 2.24) is 24.9 Å². The number of anilines is 1. The van der Waals surface area contributed by atoms with E-state index in [0.29, 0.717) is 17.5 Å². The van der Waals surface area contributed by atoms with Gasteiger partial charge in [0.25, 0.3) is 0 Å². The summed E-state index contributed by atoms with van der Waals surface area (Å²) >= 11 is 15.1. The predicted octanol–water partition coefficient (Wildman–Crippen LogP) is 4.54. The van der Waals surface area contributed by atoms with Gasteiger partial charge in [-0.15, -0.1) is 0 Å². The highest BCUT2D eigenvalue weighted by Gasteiger charge is 2.08. The summed E-state index contributed by atoms with van der Waals surface area (Å²) in [6, 6.07) is 9.64. The van der Waals surface area contributed by atoms with E-state index in [4.69, 9.17) is 23.8 Å². The third-order valence-electron chi connectivity index (χ3n) is 4.30. The summed E-state index contributed by atoms with van der Waals surface area (Å²) in [5.74, 6) is 0.701. The molecule has 0 saturated heterocycles. The highest BCUT2D eigenvalue weighted by Crippen LogP contribution is 2.19. The number of thiocarbonyl (C=S) groups is 1. The van der Waals surface area contributed by atoms with Gasteiger partial charge in [-0.3, -0.25) is 9.36 Å². The Morgan fingerprint density at radius 2 is 2.00 bits per heavy atom. The van der Waals surface area contributed by atoms with Crippen molar-refractivity contribution in [3.8, 4) is 0 Å². The van der Waals surface area contributed by atoms with Gasteiger partial charge in [-0.25, -0.2) is 0 Å². The molecule has 148 valence electrons. The molecule has 0 aliphatic rings. The Labute approximate surface area is 183 Å². The highest BCUT2D eigenvalue weighted by atomic mass is 79.9. The number of halogens is 2. The van der Waals surface area contributed by atoms with E-state index in [0.717, 1.165) is 46.0 Å². The zero-order chi connectivity index (χ0) is 20.1. The number of benzene rings is 1. The van der Waals surface area contributed by atoms with E-state index in [9.17, 15) is 0 Å². The van der Waals surface area contributed by atoms with Crippen molar-refractivity contribution in [2.75, 3.05) is 11.9 Å². The number of nitrogens with one attached hydrogen (secondary N) is 2. The minimum atomic E-state index is 0.553. The zero-order valence-electron chi connectivity index (χ0n) is 15.7. The number of rotatable bonds is 7. The topological polar surface area (TPSA) is 59.7 Å². The van der Waals surface area contributed by atoms with Crippen LogP contribution >= 0.6 is 39.7 Å². The molecular formula is C19H22BrClN6S. The summed E-state index contributed by atoms with van der Waals surface area (Å²) in [5, 5.41) is 16.6. The molecule has 9 heteroatoms. The van der Waals surface area contributed by atoms with Crippen molar-refractivity contribution in [3.05, 3.63) is 63.0 Å². The number of hydrogen-bond donors (Lipinski definition) is 2. The van der Waals surface area contributed by atoms with Crippen LogP contribution in [0.5, 0.6) is 0 Å². The fourth-order valence-electron chi connectivity index (χ4n) is 2.80. The van der Waals surface area contributed by atoms with Crippen LogP contribution in [0.4, 0.5) is 5.82 Å². The van der Waals surface area contributed by atoms with Gasteiger partial charge in [0, 0.05) is 36.1 Å². The molecule has 28 heavy (non-hydrogen) atoms. The Kier molecular flexibility index (Phi) is 7.09. The van der Waals surface area contributed by atoms with Gasteiger partial charge in [0.05, 0.1) is 16.7 Å². The molecule has 0 aliphatic carbocycles. The lowest BCUT2D eigenvalue weighted by atomic mass is 10.2. The molecule has 0 bridgehead atoms. The van der Waals surface area contributed by atoms with E-state index < -0.39 is 0 Å². The normalized spacial score (nSPS) is 10.9. The molecule has 0 radical (unpaired) electrons. The minimum absolute atomic E-state index is 0.553. The summed E-state index contributed by atoms with van der Waals surface area (Å²) in [6.45, 7) is 6.25. The first-order valence-corrected chi connectivity index (χ1v) is 10.5. The van der Waals surface area contributed by atoms with Gasteiger partial charge in [-0.1, -0.05) is 29.8 Å². The molecule has 6 nitrogen and oxygen atoms in total. The SMILES string of the molecule is Cc1nn(CCCNC(=S)Nc2ccn(Cc3ccccc3Cl)n2)c(C)c1Br. The van der Waals surface area contributed by atoms with Gasteiger partial charge >= 0.3 is 0 Å². The molecule has 0 amide bonds. The van der Waals surface area contributed by atoms with Crippen molar-refractivity contribution in [2.45, 2.75) is 33.4 Å². The van der Waals surface area contributed by atoms with Gasteiger partial charge in [0.15, 0.2) is 10.9 Å². The van der Waals surface area contributed by atoms with Crippen molar-refractivity contribution in [3.63, 3.8) is 0 Å². The zero-order valence-corrected chi connectivity index (χ0v) is 18.9. The fraction of sp³-hybridized carbons (Fsp3) is 0.316. The second-order valence-electron chi connectivity index (χ2n) is 6.43. The van der Waals surface area contributed by atoms with E-state index in [-0.39, 0.29) is 0 Å². The molecule has 3 aromatic rings. The average molecular weight is 482 g/mol. The Balaban J connectivity index is 1.43. The van der Waals surface area contributed by atoms with Gasteiger partial charge in [-0.2, -0.15) is 10.2 Å². The Hall–Kier alpha value is -1.90. The van der Waals surface area contributed by atoms with Crippen LogP contribution in [0.15, 0.2) is 41.0 Å². The van der Waals surface area contributed by atoms with Gasteiger partial charge in [-0.05, 0) is 60.0 Å². The molecule has 0 fully saturated rings. The summed E-state index contributed by atoms with van der Waals surface area (Å²) in [7, 11) is 0. The fourth-order valence-corrected chi connectivity index (χ4v) is 3.49. The van der Waals surface area contributed by atoms with Crippen LogP contribution in [0.2, 0.25) is 5.02 Å². The van der Waals surface area contributed by atoms with Crippen LogP contribution in [-0.4, -0.2) is 31.2 Å². The number of nitrogens with zero attached hydrogens (tertiary/aromatic N) is 4. The van der Waals surface area contributed by atoms with Gasteiger partial charge < -0.3 is 10.6 Å². The Morgan fingerprint density at radius 3 is 2.71 bits per heavy atom. The first kappa shape index (κ1) is 20.8. The molecule has 2 aromatic heterocycles. The molecule has 0 aliphatic heterocycles. The number of aromatic nitrogens is 4. The average Bonchev–Trinajstić information content (AvgIpc) is 3.20. The Bertz CT molecular complexity index is 967. The second-order valence-corrected chi connectivity index (χ2v) is 8.04. The molecule has 2 N–H and O–H groups in total. The van der Waals surface area contributed by atoms with Crippen molar-refractivity contribution in [1.29, 1.82) is 0 Å². The van der Waals surface area contributed by atoms with Crippen molar-refractivity contribution >= 4 is 50.7 Å². The number of hydrogen-bond acceptors (Lipinski definition) is 3. The lowest BCUT2D eigenvalue weighted by molar-refractivity contribution is 0.558. The smallest absolute Gasteiger partial charge is 0.171 e. The number of aryl methyl sites for hydroxylation is 2. The van der Waals surface area contributed by atoms with E-state index in [1.807, 2.05) is 52.8 Å². The molecule has 0 atom stereocenters. The quantitative estimate of drug-likeness (QED) is 0.383. The lowest BCUT2D eigenvalue weighted by Crippen LogP contribution is -2.30. The molecule has 0 unspecified atom stereocenters. The first-order chi connectivity index (χ1) is 13.4. The van der Waals surface area contributed by atoms with Crippen LogP contribution in [-0.2, 0) is 13.1 Å². The molecule has 0 spiro atoms. The van der Waals surface area contributed by atoms with Crippen molar-refractivity contribution < 1.29 is 0 Å². The largest absolute Gasteiger partial charge is 0.362 e. The molecule has 1 aromatic carbocycles. The maximum Gasteiger partial charge on any atom is 0.171 e.